The molecule has 3 N–H and O–H groups in total. The summed E-state index contributed by atoms with van der Waals surface area (Å²) in [7, 11) is 0. The summed E-state index contributed by atoms with van der Waals surface area (Å²) in [5, 5.41) is 12.9. The number of aromatic nitrogens is 2. The standard InChI is InChI=1S/C7H10N2O3/c10-3-1-2-5-4-6(11)8-9-7(5)12/h4,10H,1-3H2,(H,8,11)(H,9,12). The number of aliphatic hydroxyl groups excluding tert-OH is 1. The van der Waals surface area contributed by atoms with Crippen LogP contribution in [0.25, 0.3) is 0 Å². The lowest BCUT2D eigenvalue weighted by Crippen LogP contribution is -2.21. The molecule has 0 fully saturated rings. The Morgan fingerprint density at radius 3 is 2.75 bits per heavy atom. The number of aryl methyl sites for hydroxylation is 1. The van der Waals surface area contributed by atoms with Crippen LogP contribution in [0, 0.1) is 0 Å². The van der Waals surface area contributed by atoms with Crippen LogP contribution in [0.15, 0.2) is 15.7 Å². The summed E-state index contributed by atoms with van der Waals surface area (Å²) in [5.74, 6) is 0. The number of hydrogen-bond acceptors (Lipinski definition) is 3. The van der Waals surface area contributed by atoms with E-state index in [-0.39, 0.29) is 17.7 Å². The van der Waals surface area contributed by atoms with Gasteiger partial charge in [0.1, 0.15) is 0 Å². The Morgan fingerprint density at radius 1 is 1.33 bits per heavy atom. The fourth-order valence-electron chi connectivity index (χ4n) is 0.914. The molecule has 0 aliphatic rings. The Hall–Kier alpha value is -1.36. The smallest absolute Gasteiger partial charge is 0.265 e. The maximum atomic E-state index is 11.0. The van der Waals surface area contributed by atoms with Crippen LogP contribution in [-0.2, 0) is 6.42 Å². The molecule has 5 nitrogen and oxygen atoms in total. The van der Waals surface area contributed by atoms with Crippen LogP contribution in [0.5, 0.6) is 0 Å². The molecule has 0 radical (unpaired) electrons. The van der Waals surface area contributed by atoms with Gasteiger partial charge in [-0.3, -0.25) is 19.8 Å². The quantitative estimate of drug-likeness (QED) is 0.543. The van der Waals surface area contributed by atoms with E-state index in [0.717, 1.165) is 0 Å². The second-order valence-corrected chi connectivity index (χ2v) is 2.44. The van der Waals surface area contributed by atoms with Crippen LogP contribution in [0.3, 0.4) is 0 Å². The summed E-state index contributed by atoms with van der Waals surface area (Å²) in [6.07, 6.45) is 0.919. The van der Waals surface area contributed by atoms with E-state index in [1.165, 1.54) is 6.07 Å². The summed E-state index contributed by atoms with van der Waals surface area (Å²) in [6, 6.07) is 1.24. The topological polar surface area (TPSA) is 85.9 Å². The highest BCUT2D eigenvalue weighted by molar-refractivity contribution is 5.05. The third-order valence-electron chi connectivity index (χ3n) is 1.50. The van der Waals surface area contributed by atoms with Crippen molar-refractivity contribution in [2.24, 2.45) is 0 Å². The molecule has 0 bridgehead atoms. The molecule has 1 aromatic rings. The van der Waals surface area contributed by atoms with E-state index in [4.69, 9.17) is 5.11 Å². The van der Waals surface area contributed by atoms with Crippen molar-refractivity contribution in [3.8, 4) is 0 Å². The van der Waals surface area contributed by atoms with Gasteiger partial charge >= 0.3 is 0 Å². The first-order chi connectivity index (χ1) is 5.74. The van der Waals surface area contributed by atoms with E-state index in [0.29, 0.717) is 18.4 Å². The van der Waals surface area contributed by atoms with Crippen molar-refractivity contribution >= 4 is 0 Å². The minimum absolute atomic E-state index is 0.0201. The molecule has 0 aromatic carbocycles. The van der Waals surface area contributed by atoms with Crippen molar-refractivity contribution in [3.63, 3.8) is 0 Å². The van der Waals surface area contributed by atoms with Gasteiger partial charge in [-0.2, -0.15) is 0 Å². The van der Waals surface area contributed by atoms with E-state index in [2.05, 4.69) is 10.2 Å². The zero-order chi connectivity index (χ0) is 8.97. The summed E-state index contributed by atoms with van der Waals surface area (Å²) < 4.78 is 0. The molecule has 0 spiro atoms. The minimum Gasteiger partial charge on any atom is -0.396 e. The Morgan fingerprint density at radius 2 is 2.08 bits per heavy atom. The van der Waals surface area contributed by atoms with Crippen LogP contribution >= 0.6 is 0 Å². The lowest BCUT2D eigenvalue weighted by atomic mass is 10.2. The van der Waals surface area contributed by atoms with Crippen molar-refractivity contribution in [1.29, 1.82) is 0 Å². The van der Waals surface area contributed by atoms with E-state index >= 15 is 0 Å². The Balaban J connectivity index is 2.90. The first-order valence-corrected chi connectivity index (χ1v) is 3.66. The number of H-pyrrole nitrogens is 2. The molecular formula is C7H10N2O3. The SMILES string of the molecule is O=c1cc(CCCO)c(=O)[nH][nH]1. The zero-order valence-corrected chi connectivity index (χ0v) is 6.46. The predicted molar refractivity (Wildman–Crippen MR) is 43.1 cm³/mol. The van der Waals surface area contributed by atoms with E-state index in [9.17, 15) is 9.59 Å². The molecule has 1 heterocycles. The molecule has 0 aliphatic heterocycles. The molecule has 12 heavy (non-hydrogen) atoms. The average Bonchev–Trinajstić information content (AvgIpc) is 2.07. The van der Waals surface area contributed by atoms with Crippen LogP contribution in [0.4, 0.5) is 0 Å². The summed E-state index contributed by atoms with van der Waals surface area (Å²) in [5.41, 5.74) is -0.224. The van der Waals surface area contributed by atoms with E-state index in [1.54, 1.807) is 0 Å². The van der Waals surface area contributed by atoms with Gasteiger partial charge < -0.3 is 5.11 Å². The van der Waals surface area contributed by atoms with Crippen LogP contribution in [0.2, 0.25) is 0 Å². The van der Waals surface area contributed by atoms with E-state index < -0.39 is 0 Å². The predicted octanol–water partition coefficient (Wildman–Crippen LogP) is -1.01. The highest BCUT2D eigenvalue weighted by Gasteiger charge is 1.98. The number of hydrogen-bond donors (Lipinski definition) is 3. The highest BCUT2D eigenvalue weighted by Crippen LogP contribution is 1.90. The fourth-order valence-corrected chi connectivity index (χ4v) is 0.914. The molecule has 1 aromatic heterocycles. The van der Waals surface area contributed by atoms with Gasteiger partial charge in [0.15, 0.2) is 0 Å². The number of aliphatic hydroxyl groups is 1. The average molecular weight is 170 g/mol. The first kappa shape index (κ1) is 8.73. The second-order valence-electron chi connectivity index (χ2n) is 2.44. The normalized spacial score (nSPS) is 10.1. The van der Waals surface area contributed by atoms with E-state index in [1.807, 2.05) is 0 Å². The zero-order valence-electron chi connectivity index (χ0n) is 6.46. The molecule has 0 saturated carbocycles. The van der Waals surface area contributed by atoms with Gasteiger partial charge in [0.2, 0.25) is 0 Å². The maximum absolute atomic E-state index is 11.0. The molecule has 0 unspecified atom stereocenters. The Bertz CT molecular complexity index is 352. The van der Waals surface area contributed by atoms with Crippen molar-refractivity contribution in [1.82, 2.24) is 10.2 Å². The molecule has 0 atom stereocenters. The molecule has 5 heteroatoms. The minimum atomic E-state index is -0.331. The van der Waals surface area contributed by atoms with Crippen LogP contribution < -0.4 is 11.1 Å². The third-order valence-corrected chi connectivity index (χ3v) is 1.50. The van der Waals surface area contributed by atoms with Crippen molar-refractivity contribution in [3.05, 3.63) is 32.3 Å². The molecule has 0 amide bonds. The molecule has 1 rings (SSSR count). The monoisotopic (exact) mass is 170 g/mol. The van der Waals surface area contributed by atoms with Crippen LogP contribution in [0.1, 0.15) is 12.0 Å². The Kier molecular flexibility index (Phi) is 2.82. The Labute approximate surface area is 68.1 Å². The molecule has 0 saturated heterocycles. The number of nitrogens with one attached hydrogen (secondary N) is 2. The van der Waals surface area contributed by atoms with Crippen molar-refractivity contribution in [2.45, 2.75) is 12.8 Å². The van der Waals surface area contributed by atoms with Gasteiger partial charge in [-0.25, -0.2) is 0 Å². The second kappa shape index (κ2) is 3.87. The van der Waals surface area contributed by atoms with Crippen molar-refractivity contribution < 1.29 is 5.11 Å². The maximum Gasteiger partial charge on any atom is 0.265 e. The lowest BCUT2D eigenvalue weighted by molar-refractivity contribution is 0.288. The third kappa shape index (κ3) is 2.06. The fraction of sp³-hybridized carbons (Fsp3) is 0.429. The van der Waals surface area contributed by atoms with Gasteiger partial charge in [-0.15, -0.1) is 0 Å². The highest BCUT2D eigenvalue weighted by atomic mass is 16.3. The summed E-state index contributed by atoms with van der Waals surface area (Å²) >= 11 is 0. The van der Waals surface area contributed by atoms with Gasteiger partial charge in [0.05, 0.1) is 0 Å². The molecule has 66 valence electrons. The number of aromatic amines is 2. The van der Waals surface area contributed by atoms with Gasteiger partial charge in [0, 0.05) is 18.2 Å². The largest absolute Gasteiger partial charge is 0.396 e. The van der Waals surface area contributed by atoms with Gasteiger partial charge in [-0.05, 0) is 12.8 Å². The summed E-state index contributed by atoms with van der Waals surface area (Å²) in [6.45, 7) is 0.0201. The lowest BCUT2D eigenvalue weighted by Gasteiger charge is -1.95. The number of rotatable bonds is 3. The van der Waals surface area contributed by atoms with Crippen LogP contribution in [-0.4, -0.2) is 21.9 Å². The first-order valence-electron chi connectivity index (χ1n) is 3.66. The molecule has 0 aliphatic carbocycles. The van der Waals surface area contributed by atoms with Gasteiger partial charge in [0.25, 0.3) is 11.1 Å². The summed E-state index contributed by atoms with van der Waals surface area (Å²) in [4.78, 5) is 21.7. The van der Waals surface area contributed by atoms with Crippen molar-refractivity contribution in [2.75, 3.05) is 6.61 Å². The van der Waals surface area contributed by atoms with Gasteiger partial charge in [-0.1, -0.05) is 0 Å². The molecular weight excluding hydrogens is 160 g/mol.